The monoisotopic (exact) mass is 452 g/mol. The smallest absolute Gasteiger partial charge is 0.457 e. The molecule has 4 N–H and O–H groups in total. The zero-order valence-corrected chi connectivity index (χ0v) is 17.2. The van der Waals surface area contributed by atoms with E-state index in [-0.39, 0.29) is 12.4 Å². The minimum Gasteiger partial charge on any atom is -0.457 e. The molecule has 11 heteroatoms. The summed E-state index contributed by atoms with van der Waals surface area (Å²) in [5.74, 6) is 0.622. The number of benzene rings is 2. The number of ether oxygens (including phenoxy) is 2. The first-order valence-electron chi connectivity index (χ1n) is 9.82. The summed E-state index contributed by atoms with van der Waals surface area (Å²) in [5.41, 5.74) is 6.72. The van der Waals surface area contributed by atoms with Crippen molar-refractivity contribution in [1.82, 2.24) is 14.9 Å². The third-order valence-electron chi connectivity index (χ3n) is 4.62. The molecule has 0 fully saturated rings. The van der Waals surface area contributed by atoms with Gasteiger partial charge in [0.2, 0.25) is 5.91 Å². The number of aryl methyl sites for hydroxylation is 1. The summed E-state index contributed by atoms with van der Waals surface area (Å²) < 4.78 is 48.4. The van der Waals surface area contributed by atoms with Gasteiger partial charge in [-0.2, -0.15) is 0 Å². The number of imidazole rings is 1. The summed E-state index contributed by atoms with van der Waals surface area (Å²) in [4.78, 5) is 15.9. The van der Waals surface area contributed by atoms with Crippen LogP contribution in [-0.4, -0.2) is 39.6 Å². The lowest BCUT2D eigenvalue weighted by Crippen LogP contribution is -2.38. The van der Waals surface area contributed by atoms with Crippen LogP contribution < -0.4 is 20.5 Å². The van der Waals surface area contributed by atoms with Gasteiger partial charge in [-0.1, -0.05) is 0 Å². The van der Waals surface area contributed by atoms with Crippen LogP contribution in [0, 0.1) is 0 Å². The SMILES string of the molecule is C[C@H](NCc1nc2ccc(Oc3ccc(OC(F)(F)F)cc3)cc2n1CCCO)C(N)=O. The van der Waals surface area contributed by atoms with Crippen LogP contribution in [0.4, 0.5) is 13.2 Å². The molecule has 172 valence electrons. The Morgan fingerprint density at radius 1 is 1.19 bits per heavy atom. The number of amides is 1. The molecule has 0 spiro atoms. The molecule has 3 rings (SSSR count). The summed E-state index contributed by atoms with van der Waals surface area (Å²) in [7, 11) is 0. The highest BCUT2D eigenvalue weighted by molar-refractivity contribution is 5.79. The number of rotatable bonds is 10. The van der Waals surface area contributed by atoms with Crippen LogP contribution in [0.15, 0.2) is 42.5 Å². The molecule has 0 saturated carbocycles. The Morgan fingerprint density at radius 2 is 1.84 bits per heavy atom. The molecule has 8 nitrogen and oxygen atoms in total. The van der Waals surface area contributed by atoms with Crippen LogP contribution in [0.3, 0.4) is 0 Å². The van der Waals surface area contributed by atoms with Crippen LogP contribution in [-0.2, 0) is 17.9 Å². The highest BCUT2D eigenvalue weighted by Crippen LogP contribution is 2.29. The summed E-state index contributed by atoms with van der Waals surface area (Å²) >= 11 is 0. The maximum Gasteiger partial charge on any atom is 0.573 e. The lowest BCUT2D eigenvalue weighted by Gasteiger charge is -2.12. The molecule has 1 atom stereocenters. The van der Waals surface area contributed by atoms with E-state index in [0.29, 0.717) is 42.4 Å². The first-order chi connectivity index (χ1) is 15.2. The highest BCUT2D eigenvalue weighted by Gasteiger charge is 2.31. The molecule has 0 radical (unpaired) electrons. The molecule has 1 heterocycles. The quantitative estimate of drug-likeness (QED) is 0.436. The van der Waals surface area contributed by atoms with Crippen molar-refractivity contribution in [3.8, 4) is 17.2 Å². The second-order valence-corrected chi connectivity index (χ2v) is 7.03. The van der Waals surface area contributed by atoms with E-state index in [0.717, 1.165) is 17.6 Å². The van der Waals surface area contributed by atoms with E-state index in [4.69, 9.17) is 10.5 Å². The molecular weight excluding hydrogens is 429 g/mol. The number of nitrogens with two attached hydrogens (primary N) is 1. The maximum atomic E-state index is 12.3. The minimum absolute atomic E-state index is 0.00718. The Labute approximate surface area is 181 Å². The molecule has 2 aromatic carbocycles. The van der Waals surface area contributed by atoms with Crippen molar-refractivity contribution in [1.29, 1.82) is 0 Å². The Morgan fingerprint density at radius 3 is 2.47 bits per heavy atom. The van der Waals surface area contributed by atoms with Crippen molar-refractivity contribution in [2.75, 3.05) is 6.61 Å². The molecular formula is C21H23F3N4O4. The van der Waals surface area contributed by atoms with Gasteiger partial charge in [-0.25, -0.2) is 4.98 Å². The summed E-state index contributed by atoms with van der Waals surface area (Å²) in [6, 6.07) is 9.72. The number of hydrogen-bond acceptors (Lipinski definition) is 6. The van der Waals surface area contributed by atoms with Gasteiger partial charge >= 0.3 is 6.36 Å². The fraction of sp³-hybridized carbons (Fsp3) is 0.333. The standard InChI is InChI=1S/C21H23F3N4O4/c1-13(20(25)30)26-12-19-27-17-8-7-16(11-18(17)28(19)9-2-10-29)31-14-3-5-15(6-4-14)32-21(22,23)24/h3-8,11,13,26,29H,2,9-10,12H2,1H3,(H2,25,30)/t13-/m0/s1. The molecule has 0 aliphatic rings. The highest BCUT2D eigenvalue weighted by atomic mass is 19.4. The van der Waals surface area contributed by atoms with Crippen molar-refractivity contribution in [3.05, 3.63) is 48.3 Å². The van der Waals surface area contributed by atoms with Crippen molar-refractivity contribution < 1.29 is 32.5 Å². The predicted molar refractivity (Wildman–Crippen MR) is 110 cm³/mol. The van der Waals surface area contributed by atoms with Crippen molar-refractivity contribution in [2.45, 2.75) is 38.8 Å². The van der Waals surface area contributed by atoms with Crippen LogP contribution in [0.25, 0.3) is 11.0 Å². The number of carbonyl (C=O) groups is 1. The lowest BCUT2D eigenvalue weighted by atomic mass is 10.2. The zero-order valence-electron chi connectivity index (χ0n) is 17.2. The van der Waals surface area contributed by atoms with Gasteiger partial charge in [0.05, 0.1) is 23.6 Å². The van der Waals surface area contributed by atoms with Crippen molar-refractivity contribution in [2.24, 2.45) is 5.73 Å². The van der Waals surface area contributed by atoms with Gasteiger partial charge in [0, 0.05) is 19.2 Å². The van der Waals surface area contributed by atoms with Gasteiger partial charge in [-0.15, -0.1) is 13.2 Å². The fourth-order valence-electron chi connectivity index (χ4n) is 3.02. The molecule has 32 heavy (non-hydrogen) atoms. The van der Waals surface area contributed by atoms with Gasteiger partial charge < -0.3 is 24.9 Å². The third-order valence-corrected chi connectivity index (χ3v) is 4.62. The van der Waals surface area contributed by atoms with E-state index < -0.39 is 18.3 Å². The summed E-state index contributed by atoms with van der Waals surface area (Å²) in [6.07, 6.45) is -4.27. The normalized spacial score (nSPS) is 12.7. The Balaban J connectivity index is 1.82. The van der Waals surface area contributed by atoms with Crippen molar-refractivity contribution >= 4 is 16.9 Å². The average Bonchev–Trinajstić information content (AvgIpc) is 3.07. The summed E-state index contributed by atoms with van der Waals surface area (Å²) in [5, 5.41) is 12.3. The maximum absolute atomic E-state index is 12.3. The molecule has 1 amide bonds. The van der Waals surface area contributed by atoms with E-state index in [1.165, 1.54) is 12.1 Å². The number of aliphatic hydroxyl groups is 1. The average molecular weight is 452 g/mol. The Kier molecular flexibility index (Phi) is 7.21. The van der Waals surface area contributed by atoms with Crippen LogP contribution >= 0.6 is 0 Å². The van der Waals surface area contributed by atoms with E-state index in [2.05, 4.69) is 15.0 Å². The van der Waals surface area contributed by atoms with Gasteiger partial charge in [-0.05, 0) is 49.7 Å². The van der Waals surface area contributed by atoms with Crippen molar-refractivity contribution in [3.63, 3.8) is 0 Å². The molecule has 0 saturated heterocycles. The lowest BCUT2D eigenvalue weighted by molar-refractivity contribution is -0.274. The molecule has 0 aliphatic heterocycles. The first-order valence-corrected chi connectivity index (χ1v) is 9.82. The second kappa shape index (κ2) is 9.88. The number of alkyl halides is 3. The number of aromatic nitrogens is 2. The van der Waals surface area contributed by atoms with E-state index in [1.54, 1.807) is 25.1 Å². The fourth-order valence-corrected chi connectivity index (χ4v) is 3.02. The number of fused-ring (bicyclic) bond motifs is 1. The number of nitrogens with zero attached hydrogens (tertiary/aromatic N) is 2. The van der Waals surface area contributed by atoms with E-state index in [9.17, 15) is 23.1 Å². The Bertz CT molecular complexity index is 1070. The Hall–Kier alpha value is -3.31. The van der Waals surface area contributed by atoms with Gasteiger partial charge in [0.1, 0.15) is 23.1 Å². The number of aliphatic hydroxyl groups excluding tert-OH is 1. The first kappa shape index (κ1) is 23.4. The van der Waals surface area contributed by atoms with Crippen LogP contribution in [0.1, 0.15) is 19.2 Å². The molecule has 3 aromatic rings. The topological polar surface area (TPSA) is 112 Å². The number of nitrogens with one attached hydrogen (secondary N) is 1. The molecule has 1 aromatic heterocycles. The van der Waals surface area contributed by atoms with E-state index >= 15 is 0 Å². The molecule has 0 unspecified atom stereocenters. The third kappa shape index (κ3) is 6.11. The largest absolute Gasteiger partial charge is 0.573 e. The van der Waals surface area contributed by atoms with Gasteiger partial charge in [0.15, 0.2) is 0 Å². The second-order valence-electron chi connectivity index (χ2n) is 7.03. The van der Waals surface area contributed by atoms with Gasteiger partial charge in [-0.3, -0.25) is 10.1 Å². The van der Waals surface area contributed by atoms with E-state index in [1.807, 2.05) is 4.57 Å². The number of primary amides is 1. The summed E-state index contributed by atoms with van der Waals surface area (Å²) in [6.45, 7) is 2.43. The van der Waals surface area contributed by atoms with Gasteiger partial charge in [0.25, 0.3) is 0 Å². The number of halogens is 3. The predicted octanol–water partition coefficient (Wildman–Crippen LogP) is 3.07. The molecule has 0 aliphatic carbocycles. The van der Waals surface area contributed by atoms with Crippen LogP contribution in [0.2, 0.25) is 0 Å². The number of carbonyl (C=O) groups excluding carboxylic acids is 1. The van der Waals surface area contributed by atoms with Crippen LogP contribution in [0.5, 0.6) is 17.2 Å². The zero-order chi connectivity index (χ0) is 23.3. The molecule has 0 bridgehead atoms. The number of hydrogen-bond donors (Lipinski definition) is 3. The minimum atomic E-state index is -4.76.